The summed E-state index contributed by atoms with van der Waals surface area (Å²) in [6, 6.07) is 18.6. The van der Waals surface area contributed by atoms with E-state index in [-0.39, 0.29) is 31.1 Å². The molecule has 1 atom stereocenters. The number of benzene rings is 2. The standard InChI is InChI=1S/C43H61NO4/c1-7-8-9-10-33-11-15-36(16-12-33)38-19-23-40(24-20-38)41-25-21-39(22-26-41)37-17-13-34(14-18-37)27-35(29-47-42(45)31(2)3)30-48-43(46)32(4)28-44(5)6/h11-12,15-16,19-20,23-24,34-35,37,39,41H,2,4,7-10,13-14,17-18,21-22,25-30H2,1,3,5-6H3. The van der Waals surface area contributed by atoms with E-state index in [1.165, 1.54) is 99.3 Å². The predicted octanol–water partition coefficient (Wildman–Crippen LogP) is 9.95. The van der Waals surface area contributed by atoms with Crippen LogP contribution in [0.4, 0.5) is 0 Å². The first-order chi connectivity index (χ1) is 23.1. The Hall–Kier alpha value is -3.18. The van der Waals surface area contributed by atoms with Crippen molar-refractivity contribution >= 4 is 11.9 Å². The molecule has 4 rings (SSSR count). The van der Waals surface area contributed by atoms with Crippen LogP contribution >= 0.6 is 0 Å². The Labute approximate surface area is 291 Å². The van der Waals surface area contributed by atoms with Crippen LogP contribution in [0.2, 0.25) is 0 Å². The molecule has 0 bridgehead atoms. The molecule has 2 aromatic carbocycles. The Balaban J connectivity index is 1.21. The third-order valence-corrected chi connectivity index (χ3v) is 10.8. The van der Waals surface area contributed by atoms with Crippen LogP contribution in [0.1, 0.15) is 108 Å². The quantitative estimate of drug-likeness (QED) is 0.0965. The lowest BCUT2D eigenvalue weighted by molar-refractivity contribution is -0.144. The van der Waals surface area contributed by atoms with Gasteiger partial charge in [-0.15, -0.1) is 0 Å². The lowest BCUT2D eigenvalue weighted by atomic mass is 9.67. The van der Waals surface area contributed by atoms with Gasteiger partial charge >= 0.3 is 11.9 Å². The molecule has 0 aliphatic heterocycles. The Morgan fingerprint density at radius 3 is 1.85 bits per heavy atom. The molecule has 2 saturated carbocycles. The van der Waals surface area contributed by atoms with Gasteiger partial charge in [-0.25, -0.2) is 9.59 Å². The molecule has 5 nitrogen and oxygen atoms in total. The van der Waals surface area contributed by atoms with Crippen molar-refractivity contribution in [2.45, 2.75) is 103 Å². The minimum atomic E-state index is -0.388. The van der Waals surface area contributed by atoms with Crippen molar-refractivity contribution in [2.75, 3.05) is 33.9 Å². The van der Waals surface area contributed by atoms with Crippen molar-refractivity contribution in [1.29, 1.82) is 0 Å². The zero-order valence-electron chi connectivity index (χ0n) is 30.3. The van der Waals surface area contributed by atoms with Gasteiger partial charge in [0.05, 0.1) is 13.2 Å². The minimum Gasteiger partial charge on any atom is -0.462 e. The number of nitrogens with zero attached hydrogens (tertiary/aromatic N) is 1. The number of likely N-dealkylation sites (N-methyl/N-ethyl adjacent to an activating group) is 1. The van der Waals surface area contributed by atoms with E-state index in [0.717, 1.165) is 18.3 Å². The van der Waals surface area contributed by atoms with Crippen molar-refractivity contribution in [2.24, 2.45) is 23.7 Å². The van der Waals surface area contributed by atoms with Gasteiger partial charge < -0.3 is 14.4 Å². The van der Waals surface area contributed by atoms with Crippen molar-refractivity contribution < 1.29 is 19.1 Å². The number of aryl methyl sites for hydroxylation is 1. The highest BCUT2D eigenvalue weighted by Crippen LogP contribution is 2.45. The Morgan fingerprint density at radius 1 is 0.771 bits per heavy atom. The fourth-order valence-corrected chi connectivity index (χ4v) is 7.92. The van der Waals surface area contributed by atoms with E-state index in [9.17, 15) is 9.59 Å². The number of hydrogen-bond donors (Lipinski definition) is 0. The second-order valence-corrected chi connectivity index (χ2v) is 15.1. The first kappa shape index (κ1) is 37.6. The summed E-state index contributed by atoms with van der Waals surface area (Å²) >= 11 is 0. The first-order valence-corrected chi connectivity index (χ1v) is 18.6. The SMILES string of the molecule is C=C(C)C(=O)OCC(COC(=O)C(=C)CN(C)C)CC1CCC(C2CCC(c3ccc(-c4ccc(CCCCC)cc4)cc3)CC2)CC1. The van der Waals surface area contributed by atoms with Crippen molar-refractivity contribution in [1.82, 2.24) is 4.90 Å². The number of carbonyl (C=O) groups is 2. The summed E-state index contributed by atoms with van der Waals surface area (Å²) in [6.45, 7) is 12.4. The van der Waals surface area contributed by atoms with Gasteiger partial charge in [0.2, 0.25) is 0 Å². The topological polar surface area (TPSA) is 55.8 Å². The zero-order valence-corrected chi connectivity index (χ0v) is 30.3. The highest BCUT2D eigenvalue weighted by molar-refractivity contribution is 5.88. The van der Waals surface area contributed by atoms with Crippen LogP contribution < -0.4 is 0 Å². The summed E-state index contributed by atoms with van der Waals surface area (Å²) in [5, 5.41) is 0. The molecule has 1 unspecified atom stereocenters. The summed E-state index contributed by atoms with van der Waals surface area (Å²) in [7, 11) is 3.79. The molecule has 0 aromatic heterocycles. The Bertz CT molecular complexity index is 1310. The van der Waals surface area contributed by atoms with E-state index >= 15 is 0 Å². The van der Waals surface area contributed by atoms with E-state index < -0.39 is 0 Å². The Morgan fingerprint density at radius 2 is 1.31 bits per heavy atom. The molecule has 262 valence electrons. The van der Waals surface area contributed by atoms with Crippen LogP contribution in [0.5, 0.6) is 0 Å². The number of unbranched alkanes of at least 4 members (excludes halogenated alkanes) is 2. The predicted molar refractivity (Wildman–Crippen MR) is 198 cm³/mol. The van der Waals surface area contributed by atoms with Crippen LogP contribution in [0.25, 0.3) is 11.1 Å². The molecule has 0 saturated heterocycles. The second kappa shape index (κ2) is 19.1. The molecule has 5 heteroatoms. The summed E-state index contributed by atoms with van der Waals surface area (Å²) in [5.41, 5.74) is 6.39. The van der Waals surface area contributed by atoms with Crippen molar-refractivity contribution in [3.63, 3.8) is 0 Å². The number of hydrogen-bond acceptors (Lipinski definition) is 5. The zero-order chi connectivity index (χ0) is 34.5. The molecule has 0 heterocycles. The number of carbonyl (C=O) groups excluding carboxylic acids is 2. The maximum atomic E-state index is 12.5. The molecular weight excluding hydrogens is 594 g/mol. The lowest BCUT2D eigenvalue weighted by Gasteiger charge is -2.38. The molecular formula is C43H61NO4. The van der Waals surface area contributed by atoms with Crippen LogP contribution in [-0.2, 0) is 25.5 Å². The average Bonchev–Trinajstić information content (AvgIpc) is 3.09. The Kier molecular flexibility index (Phi) is 15.0. The highest BCUT2D eigenvalue weighted by atomic mass is 16.5. The van der Waals surface area contributed by atoms with Gasteiger partial charge in [0.15, 0.2) is 0 Å². The normalized spacial score (nSPS) is 21.8. The van der Waals surface area contributed by atoms with Crippen LogP contribution in [0.3, 0.4) is 0 Å². The van der Waals surface area contributed by atoms with E-state index in [4.69, 9.17) is 9.47 Å². The largest absolute Gasteiger partial charge is 0.462 e. The van der Waals surface area contributed by atoms with Crippen LogP contribution in [0.15, 0.2) is 72.8 Å². The molecule has 2 fully saturated rings. The summed E-state index contributed by atoms with van der Waals surface area (Å²) < 4.78 is 11.1. The smallest absolute Gasteiger partial charge is 0.334 e. The van der Waals surface area contributed by atoms with Crippen LogP contribution in [0, 0.1) is 23.7 Å². The lowest BCUT2D eigenvalue weighted by Crippen LogP contribution is -2.29. The summed E-state index contributed by atoms with van der Waals surface area (Å²) in [4.78, 5) is 26.5. The number of ether oxygens (including phenoxy) is 2. The van der Waals surface area contributed by atoms with Crippen molar-refractivity contribution in [3.05, 3.63) is 84.0 Å². The van der Waals surface area contributed by atoms with E-state index in [0.29, 0.717) is 29.5 Å². The maximum absolute atomic E-state index is 12.5. The highest BCUT2D eigenvalue weighted by Gasteiger charge is 2.32. The molecule has 2 aliphatic carbocycles. The van der Waals surface area contributed by atoms with Gasteiger partial charge in [-0.2, -0.15) is 0 Å². The molecule has 0 N–H and O–H groups in total. The monoisotopic (exact) mass is 655 g/mol. The van der Waals surface area contributed by atoms with Crippen LogP contribution in [-0.4, -0.2) is 50.7 Å². The van der Waals surface area contributed by atoms with Gasteiger partial charge in [-0.1, -0.05) is 94.3 Å². The van der Waals surface area contributed by atoms with E-state index in [2.05, 4.69) is 68.6 Å². The fraction of sp³-hybridized carbons (Fsp3) is 0.581. The average molecular weight is 656 g/mol. The van der Waals surface area contributed by atoms with Crippen molar-refractivity contribution in [3.8, 4) is 11.1 Å². The molecule has 2 aliphatic rings. The molecule has 0 spiro atoms. The van der Waals surface area contributed by atoms with Gasteiger partial charge in [0.1, 0.15) is 0 Å². The van der Waals surface area contributed by atoms with Gasteiger partial charge in [0.25, 0.3) is 0 Å². The molecule has 48 heavy (non-hydrogen) atoms. The van der Waals surface area contributed by atoms with Gasteiger partial charge in [-0.05, 0) is 125 Å². The van der Waals surface area contributed by atoms with E-state index in [1.807, 2.05) is 19.0 Å². The third-order valence-electron chi connectivity index (χ3n) is 10.8. The third kappa shape index (κ3) is 11.8. The van der Waals surface area contributed by atoms with E-state index in [1.54, 1.807) is 6.92 Å². The number of rotatable bonds is 17. The first-order valence-electron chi connectivity index (χ1n) is 18.6. The van der Waals surface area contributed by atoms with Gasteiger partial charge in [-0.3, -0.25) is 0 Å². The second-order valence-electron chi connectivity index (χ2n) is 15.1. The summed E-state index contributed by atoms with van der Waals surface area (Å²) in [5.74, 6) is 2.08. The minimum absolute atomic E-state index is 0.0253. The fourth-order valence-electron chi connectivity index (χ4n) is 7.92. The summed E-state index contributed by atoms with van der Waals surface area (Å²) in [6.07, 6.45) is 16.1. The van der Waals surface area contributed by atoms with Gasteiger partial charge in [0, 0.05) is 23.6 Å². The molecule has 2 aromatic rings. The molecule has 0 amide bonds. The maximum Gasteiger partial charge on any atom is 0.334 e. The number of esters is 2. The molecule has 0 radical (unpaired) electrons.